The molecule has 0 saturated carbocycles. The fraction of sp³-hybridized carbons (Fsp3) is 0.350. The predicted molar refractivity (Wildman–Crippen MR) is 110 cm³/mol. The summed E-state index contributed by atoms with van der Waals surface area (Å²) in [5.41, 5.74) is 3.04. The minimum atomic E-state index is -0.233. The van der Waals surface area contributed by atoms with Gasteiger partial charge >= 0.3 is 0 Å². The molecule has 1 aliphatic heterocycles. The topological polar surface area (TPSA) is 72.0 Å². The van der Waals surface area contributed by atoms with E-state index in [9.17, 15) is 4.39 Å². The molecule has 0 aliphatic carbocycles. The molecule has 1 saturated heterocycles. The maximum atomic E-state index is 13.5. The molecule has 1 aliphatic rings. The number of thiazole rings is 1. The van der Waals surface area contributed by atoms with E-state index in [0.717, 1.165) is 53.1 Å². The zero-order chi connectivity index (χ0) is 19.5. The average Bonchev–Trinajstić information content (AvgIpc) is 3.33. The number of hydrogen-bond acceptors (Lipinski definition) is 7. The molecule has 6 nitrogen and oxygen atoms in total. The molecule has 2 N–H and O–H groups in total. The molecule has 28 heavy (non-hydrogen) atoms. The zero-order valence-electron chi connectivity index (χ0n) is 15.8. The van der Waals surface area contributed by atoms with E-state index in [-0.39, 0.29) is 11.9 Å². The Morgan fingerprint density at radius 3 is 2.93 bits per heavy atom. The molecule has 3 aromatic rings. The van der Waals surface area contributed by atoms with Gasteiger partial charge in [0.25, 0.3) is 0 Å². The number of aryl methyl sites for hydroxylation is 2. The molecule has 0 amide bonds. The molecule has 1 atom stereocenters. The Morgan fingerprint density at radius 1 is 1.25 bits per heavy atom. The quantitative estimate of drug-likeness (QED) is 0.627. The van der Waals surface area contributed by atoms with Crippen LogP contribution in [0.25, 0.3) is 10.6 Å². The molecule has 3 heterocycles. The van der Waals surface area contributed by atoms with Crippen molar-refractivity contribution in [3.63, 3.8) is 0 Å². The second kappa shape index (κ2) is 8.20. The highest BCUT2D eigenvalue weighted by molar-refractivity contribution is 7.19. The summed E-state index contributed by atoms with van der Waals surface area (Å²) in [7, 11) is 0. The van der Waals surface area contributed by atoms with Crippen LogP contribution in [0.5, 0.6) is 0 Å². The SMILES string of the molecule is Cc1cc(Nc2nccc(-c3sc(NCC4CCCO4)nc3C)n2)ccc1F. The van der Waals surface area contributed by atoms with Gasteiger partial charge in [0.2, 0.25) is 5.95 Å². The van der Waals surface area contributed by atoms with E-state index >= 15 is 0 Å². The number of anilines is 3. The Balaban J connectivity index is 1.49. The molecule has 2 aromatic heterocycles. The lowest BCUT2D eigenvalue weighted by atomic mass is 10.2. The minimum absolute atomic E-state index is 0.233. The summed E-state index contributed by atoms with van der Waals surface area (Å²) in [6, 6.07) is 6.70. The molecule has 0 bridgehead atoms. The first-order valence-electron chi connectivity index (χ1n) is 9.28. The molecule has 146 valence electrons. The number of hydrogen-bond donors (Lipinski definition) is 2. The van der Waals surface area contributed by atoms with E-state index in [4.69, 9.17) is 4.74 Å². The lowest BCUT2D eigenvalue weighted by Gasteiger charge is -2.09. The minimum Gasteiger partial charge on any atom is -0.376 e. The third-order valence-corrected chi connectivity index (χ3v) is 5.74. The van der Waals surface area contributed by atoms with Crippen molar-refractivity contribution >= 4 is 28.1 Å². The summed E-state index contributed by atoms with van der Waals surface area (Å²) in [4.78, 5) is 14.5. The van der Waals surface area contributed by atoms with Gasteiger partial charge in [-0.1, -0.05) is 11.3 Å². The van der Waals surface area contributed by atoms with E-state index in [2.05, 4.69) is 25.6 Å². The van der Waals surface area contributed by atoms with Crippen LogP contribution in [0.3, 0.4) is 0 Å². The number of benzene rings is 1. The van der Waals surface area contributed by atoms with Crippen LogP contribution in [0, 0.1) is 19.7 Å². The lowest BCUT2D eigenvalue weighted by molar-refractivity contribution is 0.120. The van der Waals surface area contributed by atoms with Gasteiger partial charge in [0.1, 0.15) is 5.82 Å². The van der Waals surface area contributed by atoms with Crippen molar-refractivity contribution in [2.45, 2.75) is 32.8 Å². The first-order chi connectivity index (χ1) is 13.6. The standard InChI is InChI=1S/C20H22FN5OS/c1-12-10-14(5-6-16(12)21)25-19-22-8-7-17(26-19)18-13(2)24-20(28-18)23-11-15-4-3-9-27-15/h5-8,10,15H,3-4,9,11H2,1-2H3,(H,23,24)(H,22,25,26). The highest BCUT2D eigenvalue weighted by atomic mass is 32.1. The van der Waals surface area contributed by atoms with Crippen LogP contribution >= 0.6 is 11.3 Å². The molecular formula is C20H22FN5OS. The van der Waals surface area contributed by atoms with Gasteiger partial charge in [-0.3, -0.25) is 0 Å². The Labute approximate surface area is 167 Å². The van der Waals surface area contributed by atoms with Crippen molar-refractivity contribution in [1.82, 2.24) is 15.0 Å². The Bertz CT molecular complexity index is 971. The molecule has 0 spiro atoms. The number of ether oxygens (including phenoxy) is 1. The lowest BCUT2D eigenvalue weighted by Crippen LogP contribution is -2.18. The van der Waals surface area contributed by atoms with Gasteiger partial charge in [-0.25, -0.2) is 19.3 Å². The fourth-order valence-electron chi connectivity index (χ4n) is 3.11. The van der Waals surface area contributed by atoms with E-state index in [1.807, 2.05) is 13.0 Å². The van der Waals surface area contributed by atoms with Gasteiger partial charge in [-0.2, -0.15) is 0 Å². The second-order valence-corrected chi connectivity index (χ2v) is 7.80. The molecule has 1 aromatic carbocycles. The smallest absolute Gasteiger partial charge is 0.227 e. The summed E-state index contributed by atoms with van der Waals surface area (Å²) in [6.45, 7) is 5.32. The summed E-state index contributed by atoms with van der Waals surface area (Å²) in [5, 5.41) is 7.37. The van der Waals surface area contributed by atoms with Crippen LogP contribution in [-0.2, 0) is 4.74 Å². The zero-order valence-corrected chi connectivity index (χ0v) is 16.6. The third kappa shape index (κ3) is 4.28. The predicted octanol–water partition coefficient (Wildman–Crippen LogP) is 4.69. The van der Waals surface area contributed by atoms with Gasteiger partial charge in [-0.15, -0.1) is 0 Å². The van der Waals surface area contributed by atoms with Crippen LogP contribution in [0.15, 0.2) is 30.5 Å². The van der Waals surface area contributed by atoms with Crippen LogP contribution in [-0.4, -0.2) is 34.2 Å². The Morgan fingerprint density at radius 2 is 2.14 bits per heavy atom. The van der Waals surface area contributed by atoms with Crippen molar-refractivity contribution in [3.8, 4) is 10.6 Å². The van der Waals surface area contributed by atoms with Crippen LogP contribution in [0.2, 0.25) is 0 Å². The molecule has 8 heteroatoms. The third-order valence-electron chi connectivity index (χ3n) is 4.60. The summed E-state index contributed by atoms with van der Waals surface area (Å²) in [5.74, 6) is 0.230. The monoisotopic (exact) mass is 399 g/mol. The number of nitrogens with one attached hydrogen (secondary N) is 2. The summed E-state index contributed by atoms with van der Waals surface area (Å²) >= 11 is 1.57. The van der Waals surface area contributed by atoms with E-state index in [0.29, 0.717) is 11.5 Å². The van der Waals surface area contributed by atoms with Crippen molar-refractivity contribution in [3.05, 3.63) is 47.5 Å². The highest BCUT2D eigenvalue weighted by Crippen LogP contribution is 2.32. The van der Waals surface area contributed by atoms with Crippen molar-refractivity contribution in [2.75, 3.05) is 23.8 Å². The Hall–Kier alpha value is -2.58. The van der Waals surface area contributed by atoms with E-state index < -0.39 is 0 Å². The first kappa shape index (κ1) is 18.8. The van der Waals surface area contributed by atoms with E-state index in [1.165, 1.54) is 6.07 Å². The summed E-state index contributed by atoms with van der Waals surface area (Å²) < 4.78 is 19.1. The van der Waals surface area contributed by atoms with Crippen molar-refractivity contribution in [2.24, 2.45) is 0 Å². The maximum absolute atomic E-state index is 13.5. The highest BCUT2D eigenvalue weighted by Gasteiger charge is 2.17. The van der Waals surface area contributed by atoms with Gasteiger partial charge in [0.15, 0.2) is 5.13 Å². The van der Waals surface area contributed by atoms with E-state index in [1.54, 1.807) is 36.6 Å². The van der Waals surface area contributed by atoms with Gasteiger partial charge < -0.3 is 15.4 Å². The number of rotatable bonds is 6. The Kier molecular flexibility index (Phi) is 5.50. The first-order valence-corrected chi connectivity index (χ1v) is 10.1. The van der Waals surface area contributed by atoms with Gasteiger partial charge in [-0.05, 0) is 56.5 Å². The fourth-order valence-corrected chi connectivity index (χ4v) is 4.06. The van der Waals surface area contributed by atoms with Gasteiger partial charge in [0, 0.05) is 25.0 Å². The number of nitrogens with zero attached hydrogens (tertiary/aromatic N) is 3. The molecule has 1 fully saturated rings. The van der Waals surface area contributed by atoms with Crippen LogP contribution in [0.4, 0.5) is 21.2 Å². The molecule has 4 rings (SSSR count). The maximum Gasteiger partial charge on any atom is 0.227 e. The normalized spacial score (nSPS) is 16.3. The number of halogens is 1. The van der Waals surface area contributed by atoms with Gasteiger partial charge in [0.05, 0.1) is 22.4 Å². The second-order valence-electron chi connectivity index (χ2n) is 6.80. The van der Waals surface area contributed by atoms with Crippen molar-refractivity contribution < 1.29 is 9.13 Å². The van der Waals surface area contributed by atoms with Crippen LogP contribution in [0.1, 0.15) is 24.1 Å². The van der Waals surface area contributed by atoms with Crippen molar-refractivity contribution in [1.29, 1.82) is 0 Å². The molecule has 0 radical (unpaired) electrons. The summed E-state index contributed by atoms with van der Waals surface area (Å²) in [6.07, 6.45) is 4.19. The largest absolute Gasteiger partial charge is 0.376 e. The molecule has 1 unspecified atom stereocenters. The number of aromatic nitrogens is 3. The van der Waals surface area contributed by atoms with Crippen LogP contribution < -0.4 is 10.6 Å². The molecular weight excluding hydrogens is 377 g/mol. The average molecular weight is 399 g/mol.